The van der Waals surface area contributed by atoms with E-state index in [-0.39, 0.29) is 5.41 Å². The Morgan fingerprint density at radius 1 is 1.33 bits per heavy atom. The van der Waals surface area contributed by atoms with Gasteiger partial charge in [-0.25, -0.2) is 0 Å². The van der Waals surface area contributed by atoms with Crippen molar-refractivity contribution in [3.63, 3.8) is 0 Å². The monoisotopic (exact) mass is 262 g/mol. The van der Waals surface area contributed by atoms with Crippen molar-refractivity contribution in [2.45, 2.75) is 27.2 Å². The number of nitrogens with zero attached hydrogens (tertiary/aromatic N) is 1. The van der Waals surface area contributed by atoms with Crippen molar-refractivity contribution in [2.75, 3.05) is 6.54 Å². The van der Waals surface area contributed by atoms with Crippen LogP contribution in [0.4, 0.5) is 0 Å². The molecule has 0 aliphatic carbocycles. The summed E-state index contributed by atoms with van der Waals surface area (Å²) in [6.07, 6.45) is 2.74. The lowest BCUT2D eigenvalue weighted by molar-refractivity contribution is 0.378. The predicted molar refractivity (Wildman–Crippen MR) is 78.0 cm³/mol. The number of nitrogens with two attached hydrogens (primary N) is 1. The van der Waals surface area contributed by atoms with Gasteiger partial charge in [-0.05, 0) is 54.6 Å². The van der Waals surface area contributed by atoms with Crippen molar-refractivity contribution in [1.82, 2.24) is 4.98 Å². The highest BCUT2D eigenvalue weighted by Gasteiger charge is 2.19. The Balaban J connectivity index is 2.60. The fraction of sp³-hybridized carbons (Fsp3) is 0.400. The van der Waals surface area contributed by atoms with Crippen LogP contribution in [0.3, 0.4) is 0 Å². The molecule has 1 aromatic heterocycles. The number of hydrogen-bond acceptors (Lipinski definition) is 2. The van der Waals surface area contributed by atoms with Crippen molar-refractivity contribution < 1.29 is 0 Å². The number of fused-ring (bicyclic) bond motifs is 1. The minimum Gasteiger partial charge on any atom is -0.330 e. The number of pyridine rings is 1. The van der Waals surface area contributed by atoms with Crippen molar-refractivity contribution in [3.05, 3.63) is 40.5 Å². The van der Waals surface area contributed by atoms with Crippen molar-refractivity contribution in [1.29, 1.82) is 0 Å². The summed E-state index contributed by atoms with van der Waals surface area (Å²) in [5.74, 6) is 0. The fourth-order valence-electron chi connectivity index (χ4n) is 2.14. The average Bonchev–Trinajstić information content (AvgIpc) is 2.30. The van der Waals surface area contributed by atoms with Gasteiger partial charge in [0.05, 0.1) is 5.52 Å². The van der Waals surface area contributed by atoms with Crippen LogP contribution in [0, 0.1) is 12.3 Å². The highest BCUT2D eigenvalue weighted by molar-refractivity contribution is 6.31. The Morgan fingerprint density at radius 3 is 2.72 bits per heavy atom. The van der Waals surface area contributed by atoms with E-state index in [1.54, 1.807) is 0 Å². The van der Waals surface area contributed by atoms with Gasteiger partial charge >= 0.3 is 0 Å². The van der Waals surface area contributed by atoms with Gasteiger partial charge in [0.1, 0.15) is 0 Å². The molecule has 3 heteroatoms. The Morgan fingerprint density at radius 2 is 2.06 bits per heavy atom. The van der Waals surface area contributed by atoms with E-state index < -0.39 is 0 Å². The maximum Gasteiger partial charge on any atom is 0.0737 e. The number of aromatic nitrogens is 1. The van der Waals surface area contributed by atoms with E-state index in [4.69, 9.17) is 17.3 Å². The molecule has 18 heavy (non-hydrogen) atoms. The molecule has 2 N–H and O–H groups in total. The zero-order valence-corrected chi connectivity index (χ0v) is 11.9. The van der Waals surface area contributed by atoms with Crippen LogP contribution in [-0.4, -0.2) is 11.5 Å². The van der Waals surface area contributed by atoms with Crippen LogP contribution in [0.25, 0.3) is 10.9 Å². The summed E-state index contributed by atoms with van der Waals surface area (Å²) in [7, 11) is 0. The molecule has 0 saturated carbocycles. The van der Waals surface area contributed by atoms with E-state index in [1.807, 2.05) is 24.4 Å². The minimum absolute atomic E-state index is 0.0586. The average molecular weight is 263 g/mol. The third-order valence-corrected chi connectivity index (χ3v) is 3.55. The molecule has 96 valence electrons. The molecule has 0 amide bonds. The maximum absolute atomic E-state index is 6.21. The van der Waals surface area contributed by atoms with E-state index in [0.717, 1.165) is 22.3 Å². The van der Waals surface area contributed by atoms with Gasteiger partial charge in [0.15, 0.2) is 0 Å². The molecule has 2 rings (SSSR count). The van der Waals surface area contributed by atoms with Gasteiger partial charge in [0.25, 0.3) is 0 Å². The Labute approximate surface area is 113 Å². The van der Waals surface area contributed by atoms with Crippen LogP contribution in [0.2, 0.25) is 5.02 Å². The van der Waals surface area contributed by atoms with Crippen molar-refractivity contribution in [3.8, 4) is 0 Å². The number of hydrogen-bond donors (Lipinski definition) is 1. The minimum atomic E-state index is 0.0586. The molecular formula is C15H19ClN2. The summed E-state index contributed by atoms with van der Waals surface area (Å²) in [6.45, 7) is 7.05. The lowest BCUT2D eigenvalue weighted by atomic mass is 9.85. The third kappa shape index (κ3) is 2.65. The van der Waals surface area contributed by atoms with Crippen LogP contribution < -0.4 is 5.73 Å². The van der Waals surface area contributed by atoms with Gasteiger partial charge in [-0.1, -0.05) is 25.4 Å². The molecule has 0 bridgehead atoms. The Kier molecular flexibility index (Phi) is 3.60. The highest BCUT2D eigenvalue weighted by Crippen LogP contribution is 2.29. The van der Waals surface area contributed by atoms with Crippen LogP contribution in [0.1, 0.15) is 25.0 Å². The Hall–Kier alpha value is -1.12. The van der Waals surface area contributed by atoms with Gasteiger partial charge in [-0.3, -0.25) is 4.98 Å². The van der Waals surface area contributed by atoms with E-state index in [1.165, 1.54) is 11.1 Å². The number of benzene rings is 1. The summed E-state index contributed by atoms with van der Waals surface area (Å²) in [5, 5.41) is 1.90. The molecule has 0 aliphatic rings. The molecule has 0 aliphatic heterocycles. The molecule has 0 fully saturated rings. The van der Waals surface area contributed by atoms with Gasteiger partial charge < -0.3 is 5.73 Å². The van der Waals surface area contributed by atoms with Crippen LogP contribution in [-0.2, 0) is 6.42 Å². The molecule has 0 atom stereocenters. The first-order valence-corrected chi connectivity index (χ1v) is 6.54. The fourth-order valence-corrected chi connectivity index (χ4v) is 2.39. The van der Waals surface area contributed by atoms with E-state index >= 15 is 0 Å². The SMILES string of the molecule is Cc1ccnc2c(CC(C)(C)CN)cc(Cl)cc12. The van der Waals surface area contributed by atoms with Gasteiger partial charge in [0.2, 0.25) is 0 Å². The molecule has 0 unspecified atom stereocenters. The van der Waals surface area contributed by atoms with Gasteiger partial charge in [-0.2, -0.15) is 0 Å². The summed E-state index contributed by atoms with van der Waals surface area (Å²) >= 11 is 6.21. The van der Waals surface area contributed by atoms with Gasteiger partial charge in [0, 0.05) is 16.6 Å². The maximum atomic E-state index is 6.21. The predicted octanol–water partition coefficient (Wildman–Crippen LogP) is 3.72. The first-order chi connectivity index (χ1) is 8.43. The smallest absolute Gasteiger partial charge is 0.0737 e. The number of halogens is 1. The summed E-state index contributed by atoms with van der Waals surface area (Å²) in [6, 6.07) is 6.00. The molecule has 0 saturated heterocycles. The number of aryl methyl sites for hydroxylation is 1. The van der Waals surface area contributed by atoms with E-state index in [9.17, 15) is 0 Å². The first kappa shape index (κ1) is 13.3. The van der Waals surface area contributed by atoms with Crippen LogP contribution in [0.5, 0.6) is 0 Å². The third-order valence-electron chi connectivity index (χ3n) is 3.33. The second kappa shape index (κ2) is 4.87. The molecule has 0 spiro atoms. The summed E-state index contributed by atoms with van der Waals surface area (Å²) in [5.41, 5.74) is 9.29. The second-order valence-electron chi connectivity index (χ2n) is 5.63. The quantitative estimate of drug-likeness (QED) is 0.916. The highest BCUT2D eigenvalue weighted by atomic mass is 35.5. The lowest BCUT2D eigenvalue weighted by Gasteiger charge is -2.23. The van der Waals surface area contributed by atoms with Crippen LogP contribution >= 0.6 is 11.6 Å². The Bertz CT molecular complexity index is 576. The molecule has 1 aromatic carbocycles. The molecule has 1 heterocycles. The topological polar surface area (TPSA) is 38.9 Å². The van der Waals surface area contributed by atoms with E-state index in [2.05, 4.69) is 25.8 Å². The van der Waals surface area contributed by atoms with Gasteiger partial charge in [-0.15, -0.1) is 0 Å². The van der Waals surface area contributed by atoms with E-state index in [0.29, 0.717) is 6.54 Å². The molecular weight excluding hydrogens is 244 g/mol. The molecule has 2 aromatic rings. The van der Waals surface area contributed by atoms with Crippen molar-refractivity contribution in [2.24, 2.45) is 11.1 Å². The standard InChI is InChI=1S/C15H19ClN2/c1-10-4-5-18-14-11(8-15(2,3)9-17)6-12(16)7-13(10)14/h4-7H,8-9,17H2,1-3H3. The summed E-state index contributed by atoms with van der Waals surface area (Å²) < 4.78 is 0. The largest absolute Gasteiger partial charge is 0.330 e. The lowest BCUT2D eigenvalue weighted by Crippen LogP contribution is -2.26. The molecule has 2 nitrogen and oxygen atoms in total. The second-order valence-corrected chi connectivity index (χ2v) is 6.07. The number of rotatable bonds is 3. The first-order valence-electron chi connectivity index (χ1n) is 6.17. The molecule has 0 radical (unpaired) electrons. The van der Waals surface area contributed by atoms with Crippen LogP contribution in [0.15, 0.2) is 24.4 Å². The zero-order valence-electron chi connectivity index (χ0n) is 11.1. The zero-order chi connectivity index (χ0) is 13.3. The summed E-state index contributed by atoms with van der Waals surface area (Å²) in [4.78, 5) is 4.50. The normalized spacial score (nSPS) is 12.1. The van der Waals surface area contributed by atoms with Crippen molar-refractivity contribution >= 4 is 22.5 Å².